The Hall–Kier alpha value is -2.50. The van der Waals surface area contributed by atoms with E-state index in [9.17, 15) is 4.79 Å². The van der Waals surface area contributed by atoms with Crippen LogP contribution in [0.25, 0.3) is 0 Å². The summed E-state index contributed by atoms with van der Waals surface area (Å²) in [4.78, 5) is 16.0. The van der Waals surface area contributed by atoms with Crippen LogP contribution >= 0.6 is 0 Å². The van der Waals surface area contributed by atoms with Crippen molar-refractivity contribution in [3.05, 3.63) is 42.5 Å². The number of hydrogen-bond donors (Lipinski definition) is 2. The molecule has 0 atom stereocenters. The summed E-state index contributed by atoms with van der Waals surface area (Å²) in [5.41, 5.74) is 1.79. The van der Waals surface area contributed by atoms with Gasteiger partial charge in [0.1, 0.15) is 5.75 Å². The summed E-state index contributed by atoms with van der Waals surface area (Å²) in [6.07, 6.45) is 7.19. The van der Waals surface area contributed by atoms with E-state index < -0.39 is 0 Å². The van der Waals surface area contributed by atoms with Gasteiger partial charge in [0.05, 0.1) is 18.6 Å². The number of amides is 2. The van der Waals surface area contributed by atoms with Crippen LogP contribution < -0.4 is 15.4 Å². The SMILES string of the molecule is CCCOc1cc(C)ccc1NC(=O)NCCCn1ccnc1. The smallest absolute Gasteiger partial charge is 0.319 e. The van der Waals surface area contributed by atoms with Crippen LogP contribution in [0.2, 0.25) is 0 Å². The van der Waals surface area contributed by atoms with Crippen LogP contribution in [0.1, 0.15) is 25.3 Å². The Morgan fingerprint density at radius 2 is 2.26 bits per heavy atom. The molecule has 0 unspecified atom stereocenters. The molecule has 6 heteroatoms. The number of urea groups is 1. The Morgan fingerprint density at radius 3 is 3.00 bits per heavy atom. The van der Waals surface area contributed by atoms with Gasteiger partial charge in [-0.2, -0.15) is 0 Å². The van der Waals surface area contributed by atoms with Gasteiger partial charge in [0, 0.05) is 25.5 Å². The van der Waals surface area contributed by atoms with E-state index in [2.05, 4.69) is 22.5 Å². The molecular weight excluding hydrogens is 292 g/mol. The van der Waals surface area contributed by atoms with E-state index in [0.29, 0.717) is 24.6 Å². The number of carbonyl (C=O) groups is 1. The second-order valence-electron chi connectivity index (χ2n) is 5.38. The van der Waals surface area contributed by atoms with Crippen molar-refractivity contribution < 1.29 is 9.53 Å². The number of carbonyl (C=O) groups excluding carboxylic acids is 1. The Labute approximate surface area is 136 Å². The molecule has 0 aliphatic rings. The number of aryl methyl sites for hydroxylation is 2. The van der Waals surface area contributed by atoms with E-state index in [1.807, 2.05) is 35.9 Å². The fourth-order valence-electron chi connectivity index (χ4n) is 2.11. The molecule has 0 bridgehead atoms. The van der Waals surface area contributed by atoms with Gasteiger partial charge >= 0.3 is 6.03 Å². The number of anilines is 1. The third-order valence-electron chi connectivity index (χ3n) is 3.28. The van der Waals surface area contributed by atoms with E-state index in [1.54, 1.807) is 12.5 Å². The molecule has 1 aromatic carbocycles. The van der Waals surface area contributed by atoms with E-state index >= 15 is 0 Å². The molecule has 2 aromatic rings. The molecule has 0 spiro atoms. The monoisotopic (exact) mass is 316 g/mol. The molecule has 6 nitrogen and oxygen atoms in total. The Bertz CT molecular complexity index is 611. The molecule has 0 fully saturated rings. The first-order chi connectivity index (χ1) is 11.2. The maximum atomic E-state index is 12.0. The lowest BCUT2D eigenvalue weighted by atomic mass is 10.2. The number of rotatable bonds is 8. The highest BCUT2D eigenvalue weighted by Gasteiger charge is 2.08. The second kappa shape index (κ2) is 8.82. The predicted molar refractivity (Wildman–Crippen MR) is 90.8 cm³/mol. The third-order valence-corrected chi connectivity index (χ3v) is 3.28. The molecule has 23 heavy (non-hydrogen) atoms. The lowest BCUT2D eigenvalue weighted by Gasteiger charge is -2.13. The minimum Gasteiger partial charge on any atom is -0.491 e. The molecule has 2 rings (SSSR count). The van der Waals surface area contributed by atoms with Crippen LogP contribution in [-0.4, -0.2) is 28.7 Å². The Kier molecular flexibility index (Phi) is 6.47. The van der Waals surface area contributed by atoms with Crippen LogP contribution in [0.5, 0.6) is 5.75 Å². The summed E-state index contributed by atoms with van der Waals surface area (Å²) in [6, 6.07) is 5.53. The first-order valence-electron chi connectivity index (χ1n) is 7.93. The van der Waals surface area contributed by atoms with Crippen LogP contribution in [0, 0.1) is 6.92 Å². The molecule has 0 aliphatic carbocycles. The summed E-state index contributed by atoms with van der Waals surface area (Å²) >= 11 is 0. The van der Waals surface area contributed by atoms with Gasteiger partial charge in [-0.1, -0.05) is 13.0 Å². The lowest BCUT2D eigenvalue weighted by molar-refractivity contribution is 0.251. The highest BCUT2D eigenvalue weighted by Crippen LogP contribution is 2.25. The molecule has 0 aliphatic heterocycles. The van der Waals surface area contributed by atoms with Gasteiger partial charge in [0.15, 0.2) is 0 Å². The van der Waals surface area contributed by atoms with Gasteiger partial charge in [-0.3, -0.25) is 0 Å². The molecule has 1 aromatic heterocycles. The number of imidazole rings is 1. The molecule has 0 radical (unpaired) electrons. The van der Waals surface area contributed by atoms with Gasteiger partial charge < -0.3 is 19.9 Å². The van der Waals surface area contributed by atoms with E-state index in [0.717, 1.165) is 24.9 Å². The lowest BCUT2D eigenvalue weighted by Crippen LogP contribution is -2.30. The van der Waals surface area contributed by atoms with E-state index in [-0.39, 0.29) is 6.03 Å². The van der Waals surface area contributed by atoms with Crippen molar-refractivity contribution in [3.8, 4) is 5.75 Å². The maximum absolute atomic E-state index is 12.0. The van der Waals surface area contributed by atoms with Crippen LogP contribution in [0.4, 0.5) is 10.5 Å². The van der Waals surface area contributed by atoms with Crippen LogP contribution in [0.3, 0.4) is 0 Å². The normalized spacial score (nSPS) is 10.3. The summed E-state index contributed by atoms with van der Waals surface area (Å²) < 4.78 is 7.67. The Morgan fingerprint density at radius 1 is 1.39 bits per heavy atom. The number of hydrogen-bond acceptors (Lipinski definition) is 3. The zero-order valence-electron chi connectivity index (χ0n) is 13.7. The minimum atomic E-state index is -0.221. The van der Waals surface area contributed by atoms with Gasteiger partial charge in [-0.15, -0.1) is 0 Å². The molecule has 124 valence electrons. The zero-order valence-corrected chi connectivity index (χ0v) is 13.7. The number of aromatic nitrogens is 2. The van der Waals surface area contributed by atoms with Crippen molar-refractivity contribution in [1.29, 1.82) is 0 Å². The van der Waals surface area contributed by atoms with Gasteiger partial charge in [0.2, 0.25) is 0 Å². The molecule has 0 saturated carbocycles. The van der Waals surface area contributed by atoms with E-state index in [1.165, 1.54) is 0 Å². The first-order valence-corrected chi connectivity index (χ1v) is 7.93. The standard InChI is InChI=1S/C17H24N4O2/c1-3-11-23-16-12-14(2)5-6-15(16)20-17(22)19-7-4-9-21-10-8-18-13-21/h5-6,8,10,12-13H,3-4,7,9,11H2,1-2H3,(H2,19,20,22). The van der Waals surface area contributed by atoms with Gasteiger partial charge in [-0.25, -0.2) is 9.78 Å². The Balaban J connectivity index is 1.79. The summed E-state index contributed by atoms with van der Waals surface area (Å²) in [5, 5.41) is 5.70. The van der Waals surface area contributed by atoms with Gasteiger partial charge in [-0.05, 0) is 37.5 Å². The first kappa shape index (κ1) is 16.9. The van der Waals surface area contributed by atoms with Crippen molar-refractivity contribution in [2.75, 3.05) is 18.5 Å². The van der Waals surface area contributed by atoms with Crippen molar-refractivity contribution in [3.63, 3.8) is 0 Å². The molecule has 2 amide bonds. The van der Waals surface area contributed by atoms with Crippen molar-refractivity contribution in [2.24, 2.45) is 0 Å². The third kappa shape index (κ3) is 5.65. The second-order valence-corrected chi connectivity index (χ2v) is 5.38. The topological polar surface area (TPSA) is 68.2 Å². The van der Waals surface area contributed by atoms with E-state index in [4.69, 9.17) is 4.74 Å². The molecule has 0 saturated heterocycles. The fourth-order valence-corrected chi connectivity index (χ4v) is 2.11. The number of ether oxygens (including phenoxy) is 1. The largest absolute Gasteiger partial charge is 0.491 e. The average Bonchev–Trinajstić information content (AvgIpc) is 3.05. The predicted octanol–water partition coefficient (Wildman–Crippen LogP) is 3.19. The van der Waals surface area contributed by atoms with Gasteiger partial charge in [0.25, 0.3) is 0 Å². The maximum Gasteiger partial charge on any atom is 0.319 e. The van der Waals surface area contributed by atoms with Crippen molar-refractivity contribution >= 4 is 11.7 Å². The fraction of sp³-hybridized carbons (Fsp3) is 0.412. The number of benzene rings is 1. The highest BCUT2D eigenvalue weighted by atomic mass is 16.5. The van der Waals surface area contributed by atoms with Crippen LogP contribution in [0.15, 0.2) is 36.9 Å². The molecule has 2 N–H and O–H groups in total. The summed E-state index contributed by atoms with van der Waals surface area (Å²) in [5.74, 6) is 0.709. The molecule has 1 heterocycles. The highest BCUT2D eigenvalue weighted by molar-refractivity contribution is 5.90. The van der Waals surface area contributed by atoms with Crippen LogP contribution in [-0.2, 0) is 6.54 Å². The minimum absolute atomic E-state index is 0.221. The summed E-state index contributed by atoms with van der Waals surface area (Å²) in [7, 11) is 0. The summed E-state index contributed by atoms with van der Waals surface area (Å²) in [6.45, 7) is 6.11. The van der Waals surface area contributed by atoms with Crippen molar-refractivity contribution in [2.45, 2.75) is 33.2 Å². The molecular formula is C17H24N4O2. The zero-order chi connectivity index (χ0) is 16.5. The number of nitrogens with zero attached hydrogens (tertiary/aromatic N) is 2. The average molecular weight is 316 g/mol. The number of nitrogens with one attached hydrogen (secondary N) is 2. The van der Waals surface area contributed by atoms with Crippen molar-refractivity contribution in [1.82, 2.24) is 14.9 Å². The quantitative estimate of drug-likeness (QED) is 0.735.